The van der Waals surface area contributed by atoms with Crippen LogP contribution in [0.25, 0.3) is 0 Å². The zero-order valence-electron chi connectivity index (χ0n) is 17.3. The maximum absolute atomic E-state index is 12.8. The second-order valence-electron chi connectivity index (χ2n) is 8.35. The number of anilines is 1. The Labute approximate surface area is 186 Å². The molecule has 1 heterocycles. The Morgan fingerprint density at radius 3 is 2.39 bits per heavy atom. The highest BCUT2D eigenvalue weighted by Crippen LogP contribution is 2.41. The second kappa shape index (κ2) is 9.59. The molecule has 2 aromatic carbocycles. The van der Waals surface area contributed by atoms with Gasteiger partial charge in [-0.25, -0.2) is 0 Å². The maximum Gasteiger partial charge on any atom is 0.416 e. The Bertz CT molecular complexity index is 896. The number of benzene rings is 2. The number of carbonyl (C=O) groups excluding carboxylic acids is 1. The molecule has 168 valence electrons. The molecular weight excluding hydrogens is 427 g/mol. The summed E-state index contributed by atoms with van der Waals surface area (Å²) in [4.78, 5) is 14.7. The van der Waals surface area contributed by atoms with E-state index in [9.17, 15) is 18.0 Å². The Morgan fingerprint density at radius 2 is 1.74 bits per heavy atom. The zero-order valence-corrected chi connectivity index (χ0v) is 18.1. The van der Waals surface area contributed by atoms with Gasteiger partial charge in [-0.2, -0.15) is 13.2 Å². The number of amides is 1. The van der Waals surface area contributed by atoms with Crippen LogP contribution in [0.1, 0.15) is 46.7 Å². The van der Waals surface area contributed by atoms with E-state index in [0.29, 0.717) is 23.7 Å². The van der Waals surface area contributed by atoms with Crippen molar-refractivity contribution in [3.8, 4) is 0 Å². The molecule has 4 rings (SSSR count). The number of rotatable bonds is 5. The van der Waals surface area contributed by atoms with Crippen molar-refractivity contribution in [1.29, 1.82) is 0 Å². The summed E-state index contributed by atoms with van der Waals surface area (Å²) in [6, 6.07) is 13.1. The lowest BCUT2D eigenvalue weighted by Crippen LogP contribution is -2.41. The fourth-order valence-corrected chi connectivity index (χ4v) is 4.08. The van der Waals surface area contributed by atoms with Gasteiger partial charge < -0.3 is 15.5 Å². The van der Waals surface area contributed by atoms with Crippen LogP contribution < -0.4 is 10.6 Å². The second-order valence-corrected chi connectivity index (χ2v) is 8.35. The first-order valence-electron chi connectivity index (χ1n) is 10.3. The van der Waals surface area contributed by atoms with Crippen molar-refractivity contribution >= 4 is 24.0 Å². The number of hydrogen-bond acceptors (Lipinski definition) is 3. The van der Waals surface area contributed by atoms with Gasteiger partial charge in [-0.3, -0.25) is 4.79 Å². The molecule has 0 spiro atoms. The first-order chi connectivity index (χ1) is 14.3. The van der Waals surface area contributed by atoms with Gasteiger partial charge in [0.25, 0.3) is 5.91 Å². The van der Waals surface area contributed by atoms with Crippen LogP contribution >= 0.6 is 12.4 Å². The third kappa shape index (κ3) is 5.99. The Morgan fingerprint density at radius 1 is 1.06 bits per heavy atom. The summed E-state index contributed by atoms with van der Waals surface area (Å²) in [7, 11) is 2.16. The summed E-state index contributed by atoms with van der Waals surface area (Å²) in [5, 5.41) is 6.44. The van der Waals surface area contributed by atoms with E-state index in [1.165, 1.54) is 30.5 Å². The summed E-state index contributed by atoms with van der Waals surface area (Å²) >= 11 is 0. The first-order valence-corrected chi connectivity index (χ1v) is 10.3. The molecule has 1 saturated heterocycles. The van der Waals surface area contributed by atoms with E-state index in [0.717, 1.165) is 31.6 Å². The van der Waals surface area contributed by atoms with Crippen LogP contribution in [0.5, 0.6) is 0 Å². The third-order valence-corrected chi connectivity index (χ3v) is 6.01. The summed E-state index contributed by atoms with van der Waals surface area (Å²) < 4.78 is 38.5. The van der Waals surface area contributed by atoms with Gasteiger partial charge in [0.1, 0.15) is 0 Å². The van der Waals surface area contributed by atoms with E-state index >= 15 is 0 Å². The van der Waals surface area contributed by atoms with E-state index < -0.39 is 17.6 Å². The minimum absolute atomic E-state index is 0. The molecule has 1 saturated carbocycles. The summed E-state index contributed by atoms with van der Waals surface area (Å²) in [5.41, 5.74) is 0.944. The van der Waals surface area contributed by atoms with Crippen LogP contribution in [0.3, 0.4) is 0 Å². The molecule has 2 aliphatic rings. The minimum Gasteiger partial charge on any atom is -0.322 e. The van der Waals surface area contributed by atoms with Crippen LogP contribution in [0, 0.1) is 0 Å². The molecule has 31 heavy (non-hydrogen) atoms. The van der Waals surface area contributed by atoms with Gasteiger partial charge in [-0.15, -0.1) is 12.4 Å². The lowest BCUT2D eigenvalue weighted by molar-refractivity contribution is -0.137. The molecule has 0 radical (unpaired) electrons. The molecular formula is C23H27ClF3N3O. The van der Waals surface area contributed by atoms with E-state index in [1.54, 1.807) is 0 Å². The highest BCUT2D eigenvalue weighted by Gasteiger charge is 2.39. The normalized spacial score (nSPS) is 21.9. The molecule has 0 unspecified atom stereocenters. The highest BCUT2D eigenvalue weighted by atomic mass is 35.5. The fraction of sp³-hybridized carbons (Fsp3) is 0.435. The van der Waals surface area contributed by atoms with Crippen molar-refractivity contribution in [3.63, 3.8) is 0 Å². The van der Waals surface area contributed by atoms with Gasteiger partial charge in [0.15, 0.2) is 0 Å². The molecule has 1 aliphatic heterocycles. The topological polar surface area (TPSA) is 44.4 Å². The Kier molecular flexibility index (Phi) is 7.29. The highest BCUT2D eigenvalue weighted by molar-refractivity contribution is 6.04. The van der Waals surface area contributed by atoms with Gasteiger partial charge in [0.05, 0.1) is 5.56 Å². The smallest absolute Gasteiger partial charge is 0.322 e. The van der Waals surface area contributed by atoms with E-state index in [2.05, 4.69) is 22.6 Å². The number of nitrogens with one attached hydrogen (secondary N) is 2. The number of alkyl halides is 3. The molecule has 2 aromatic rings. The molecule has 0 bridgehead atoms. The Balaban J connectivity index is 0.00000272. The van der Waals surface area contributed by atoms with Crippen molar-refractivity contribution < 1.29 is 18.0 Å². The number of nitrogens with zero attached hydrogens (tertiary/aromatic N) is 1. The van der Waals surface area contributed by atoms with Crippen LogP contribution in [0.4, 0.5) is 18.9 Å². The minimum atomic E-state index is -4.47. The van der Waals surface area contributed by atoms with Crippen molar-refractivity contribution in [2.45, 2.75) is 43.4 Å². The van der Waals surface area contributed by atoms with Gasteiger partial charge in [0.2, 0.25) is 0 Å². The van der Waals surface area contributed by atoms with Crippen LogP contribution in [0.15, 0.2) is 48.5 Å². The summed E-state index contributed by atoms with van der Waals surface area (Å²) in [6.07, 6.45) is -0.997. The third-order valence-electron chi connectivity index (χ3n) is 6.01. The van der Waals surface area contributed by atoms with Crippen LogP contribution in [-0.2, 0) is 6.18 Å². The first kappa shape index (κ1) is 23.6. The number of piperidine rings is 1. The van der Waals surface area contributed by atoms with E-state index in [-0.39, 0.29) is 18.0 Å². The van der Waals surface area contributed by atoms with Crippen LogP contribution in [-0.4, -0.2) is 43.0 Å². The number of hydrogen-bond donors (Lipinski definition) is 2. The molecule has 2 atom stereocenters. The predicted octanol–water partition coefficient (Wildman–Crippen LogP) is 4.92. The number of halogens is 4. The predicted molar refractivity (Wildman–Crippen MR) is 118 cm³/mol. The average molecular weight is 454 g/mol. The van der Waals surface area contributed by atoms with Crippen molar-refractivity contribution in [2.75, 3.05) is 25.5 Å². The van der Waals surface area contributed by atoms with Crippen molar-refractivity contribution in [2.24, 2.45) is 0 Å². The molecule has 1 aliphatic carbocycles. The fourth-order valence-electron chi connectivity index (χ4n) is 4.08. The lowest BCUT2D eigenvalue weighted by atomic mass is 10.0. The number of carbonyl (C=O) groups is 1. The summed E-state index contributed by atoms with van der Waals surface area (Å²) in [5.74, 6) is -0.0695. The quantitative estimate of drug-likeness (QED) is 0.675. The largest absolute Gasteiger partial charge is 0.416 e. The van der Waals surface area contributed by atoms with Gasteiger partial charge in [0, 0.05) is 29.3 Å². The van der Waals surface area contributed by atoms with Crippen molar-refractivity contribution in [1.82, 2.24) is 10.2 Å². The molecule has 1 amide bonds. The van der Waals surface area contributed by atoms with E-state index in [1.807, 2.05) is 24.3 Å². The average Bonchev–Trinajstić information content (AvgIpc) is 3.49. The van der Waals surface area contributed by atoms with E-state index in [4.69, 9.17) is 0 Å². The lowest BCUT2D eigenvalue weighted by Gasteiger charge is -2.29. The monoisotopic (exact) mass is 453 g/mol. The SMILES string of the molecule is CN1CCC(N[C@@H]2C[C@H]2c2ccc(NC(=O)c3cccc(C(F)(F)F)c3)cc2)CC1.Cl. The van der Waals surface area contributed by atoms with Gasteiger partial charge >= 0.3 is 6.18 Å². The molecule has 8 heteroatoms. The van der Waals surface area contributed by atoms with Gasteiger partial charge in [-0.05, 0) is 75.3 Å². The van der Waals surface area contributed by atoms with Gasteiger partial charge in [-0.1, -0.05) is 18.2 Å². The summed E-state index contributed by atoms with van der Waals surface area (Å²) in [6.45, 7) is 2.27. The Hall–Kier alpha value is -2.09. The molecule has 4 nitrogen and oxygen atoms in total. The van der Waals surface area contributed by atoms with Crippen molar-refractivity contribution in [3.05, 3.63) is 65.2 Å². The molecule has 2 fully saturated rings. The van der Waals surface area contributed by atoms with Crippen LogP contribution in [0.2, 0.25) is 0 Å². The molecule has 2 N–H and O–H groups in total. The standard InChI is InChI=1S/C23H26F3N3O.ClH/c1-29-11-9-19(10-12-29)27-21-14-20(21)15-5-7-18(8-6-15)28-22(30)16-3-2-4-17(13-16)23(24,25)26;/h2-8,13,19-21,27H,9-12,14H2,1H3,(H,28,30);1H/t20-,21+;/m0./s1. The maximum atomic E-state index is 12.8. The zero-order chi connectivity index (χ0) is 21.3. The molecule has 0 aromatic heterocycles. The number of likely N-dealkylation sites (tertiary alicyclic amines) is 1.